The number of amides is 1. The van der Waals surface area contributed by atoms with E-state index in [1.165, 1.54) is 6.07 Å². The molecule has 0 unspecified atom stereocenters. The van der Waals surface area contributed by atoms with Crippen molar-refractivity contribution in [2.45, 2.75) is 0 Å². The Bertz CT molecular complexity index is 646. The third kappa shape index (κ3) is 2.95. The Morgan fingerprint density at radius 1 is 1.21 bits per heavy atom. The lowest BCUT2D eigenvalue weighted by Gasteiger charge is -2.11. The van der Waals surface area contributed by atoms with Crippen LogP contribution in [0.2, 0.25) is 0 Å². The highest BCUT2D eigenvalue weighted by molar-refractivity contribution is 14.1. The molecule has 0 radical (unpaired) electrons. The summed E-state index contributed by atoms with van der Waals surface area (Å²) >= 11 is 2.13. The highest BCUT2D eigenvalue weighted by Crippen LogP contribution is 2.27. The largest absolute Gasteiger partial charge is 0.398 e. The lowest BCUT2D eigenvalue weighted by atomic mass is 10.1. The molecule has 0 saturated carbocycles. The van der Waals surface area contributed by atoms with E-state index in [2.05, 4.69) is 27.9 Å². The molecule has 0 aliphatic rings. The SMILES string of the molecule is NC(=O)c1cc(Nc2ccccc2I)c(F)cc1N. The number of hydrogen-bond donors (Lipinski definition) is 3. The Kier molecular flexibility index (Phi) is 3.89. The average Bonchev–Trinajstić information content (AvgIpc) is 2.34. The Balaban J connectivity index is 2.43. The van der Waals surface area contributed by atoms with Crippen molar-refractivity contribution in [2.75, 3.05) is 11.1 Å². The highest BCUT2D eigenvalue weighted by atomic mass is 127. The third-order valence-corrected chi connectivity index (χ3v) is 3.49. The molecule has 0 aliphatic heterocycles. The van der Waals surface area contributed by atoms with E-state index >= 15 is 0 Å². The second-order valence-electron chi connectivity index (χ2n) is 3.89. The number of carbonyl (C=O) groups is 1. The molecule has 5 N–H and O–H groups in total. The van der Waals surface area contributed by atoms with Crippen LogP contribution in [0.1, 0.15) is 10.4 Å². The minimum atomic E-state index is -0.691. The lowest BCUT2D eigenvalue weighted by molar-refractivity contribution is 0.100. The second kappa shape index (κ2) is 5.43. The monoisotopic (exact) mass is 371 g/mol. The summed E-state index contributed by atoms with van der Waals surface area (Å²) in [4.78, 5) is 11.2. The fourth-order valence-corrected chi connectivity index (χ4v) is 2.13. The van der Waals surface area contributed by atoms with Crippen molar-refractivity contribution in [1.82, 2.24) is 0 Å². The highest BCUT2D eigenvalue weighted by Gasteiger charge is 2.12. The maximum absolute atomic E-state index is 13.8. The molecule has 4 nitrogen and oxygen atoms in total. The molecule has 0 bridgehead atoms. The van der Waals surface area contributed by atoms with Gasteiger partial charge in [-0.3, -0.25) is 4.79 Å². The van der Waals surface area contributed by atoms with Gasteiger partial charge in [-0.05, 0) is 46.9 Å². The van der Waals surface area contributed by atoms with Crippen molar-refractivity contribution in [3.05, 3.63) is 51.3 Å². The summed E-state index contributed by atoms with van der Waals surface area (Å²) in [5, 5.41) is 2.92. The summed E-state index contributed by atoms with van der Waals surface area (Å²) in [5.74, 6) is -1.23. The molecule has 6 heteroatoms. The van der Waals surface area contributed by atoms with Crippen LogP contribution in [-0.2, 0) is 0 Å². The number of anilines is 3. The van der Waals surface area contributed by atoms with Crippen LogP contribution in [0.3, 0.4) is 0 Å². The van der Waals surface area contributed by atoms with Gasteiger partial charge in [-0.15, -0.1) is 0 Å². The van der Waals surface area contributed by atoms with Crippen molar-refractivity contribution in [3.63, 3.8) is 0 Å². The third-order valence-electron chi connectivity index (χ3n) is 2.55. The number of nitrogens with one attached hydrogen (secondary N) is 1. The first-order valence-corrected chi connectivity index (χ1v) is 6.47. The van der Waals surface area contributed by atoms with E-state index in [1.54, 1.807) is 0 Å². The van der Waals surface area contributed by atoms with Gasteiger partial charge in [0.05, 0.1) is 16.9 Å². The molecule has 0 aromatic heterocycles. The van der Waals surface area contributed by atoms with Crippen molar-refractivity contribution >= 4 is 45.6 Å². The van der Waals surface area contributed by atoms with Gasteiger partial charge in [0.15, 0.2) is 0 Å². The van der Waals surface area contributed by atoms with Gasteiger partial charge in [0.2, 0.25) is 0 Å². The van der Waals surface area contributed by atoms with E-state index in [0.717, 1.165) is 15.3 Å². The Labute approximate surface area is 123 Å². The smallest absolute Gasteiger partial charge is 0.250 e. The van der Waals surface area contributed by atoms with E-state index in [4.69, 9.17) is 11.5 Å². The average molecular weight is 371 g/mol. The van der Waals surface area contributed by atoms with Gasteiger partial charge in [-0.2, -0.15) is 0 Å². The van der Waals surface area contributed by atoms with E-state index in [1.807, 2.05) is 24.3 Å². The van der Waals surface area contributed by atoms with Crippen molar-refractivity contribution in [1.29, 1.82) is 0 Å². The van der Waals surface area contributed by atoms with E-state index in [-0.39, 0.29) is 16.9 Å². The van der Waals surface area contributed by atoms with Crippen LogP contribution in [0.5, 0.6) is 0 Å². The molecule has 0 heterocycles. The molecule has 2 rings (SSSR count). The zero-order chi connectivity index (χ0) is 14.0. The maximum atomic E-state index is 13.8. The van der Waals surface area contributed by atoms with Gasteiger partial charge in [0.1, 0.15) is 5.82 Å². The molecular weight excluding hydrogens is 360 g/mol. The van der Waals surface area contributed by atoms with Crippen molar-refractivity contribution in [2.24, 2.45) is 5.73 Å². The zero-order valence-corrected chi connectivity index (χ0v) is 11.9. The van der Waals surface area contributed by atoms with Gasteiger partial charge < -0.3 is 16.8 Å². The van der Waals surface area contributed by atoms with Crippen LogP contribution in [0.15, 0.2) is 36.4 Å². The second-order valence-corrected chi connectivity index (χ2v) is 5.05. The van der Waals surface area contributed by atoms with Gasteiger partial charge in [-0.1, -0.05) is 12.1 Å². The van der Waals surface area contributed by atoms with Crippen LogP contribution in [-0.4, -0.2) is 5.91 Å². The summed E-state index contributed by atoms with van der Waals surface area (Å²) < 4.78 is 14.7. The lowest BCUT2D eigenvalue weighted by Crippen LogP contribution is -2.14. The number of hydrogen-bond acceptors (Lipinski definition) is 3. The molecular formula is C13H11FIN3O. The summed E-state index contributed by atoms with van der Waals surface area (Å²) in [6.07, 6.45) is 0. The number of nitrogen functional groups attached to an aromatic ring is 1. The number of carbonyl (C=O) groups excluding carboxylic acids is 1. The number of primary amides is 1. The molecule has 0 fully saturated rings. The first-order chi connectivity index (χ1) is 8.99. The van der Waals surface area contributed by atoms with Crippen LogP contribution in [0, 0.1) is 9.39 Å². The van der Waals surface area contributed by atoms with Gasteiger partial charge >= 0.3 is 0 Å². The fourth-order valence-electron chi connectivity index (χ4n) is 1.61. The first kappa shape index (κ1) is 13.6. The van der Waals surface area contributed by atoms with E-state index in [0.29, 0.717) is 0 Å². The van der Waals surface area contributed by atoms with Crippen LogP contribution < -0.4 is 16.8 Å². The Morgan fingerprint density at radius 2 is 1.89 bits per heavy atom. The predicted octanol–water partition coefficient (Wildman–Crippen LogP) is 2.85. The minimum Gasteiger partial charge on any atom is -0.398 e. The molecule has 1 amide bonds. The van der Waals surface area contributed by atoms with Crippen LogP contribution >= 0.6 is 22.6 Å². The van der Waals surface area contributed by atoms with Crippen LogP contribution in [0.4, 0.5) is 21.5 Å². The van der Waals surface area contributed by atoms with E-state index in [9.17, 15) is 9.18 Å². The first-order valence-electron chi connectivity index (χ1n) is 5.39. The number of rotatable bonds is 3. The van der Waals surface area contributed by atoms with Crippen molar-refractivity contribution < 1.29 is 9.18 Å². The number of para-hydroxylation sites is 1. The minimum absolute atomic E-state index is 0.0262. The molecule has 2 aromatic carbocycles. The van der Waals surface area contributed by atoms with Gasteiger partial charge in [-0.25, -0.2) is 4.39 Å². The van der Waals surface area contributed by atoms with Crippen molar-refractivity contribution in [3.8, 4) is 0 Å². The molecule has 98 valence electrons. The number of benzene rings is 2. The van der Waals surface area contributed by atoms with Crippen LogP contribution in [0.25, 0.3) is 0 Å². The standard InChI is InChI=1S/C13H11FIN3O/c14-8-6-10(16)7(13(17)19)5-12(8)18-11-4-2-1-3-9(11)15/h1-6,18H,16H2,(H2,17,19). The molecule has 0 spiro atoms. The molecule has 19 heavy (non-hydrogen) atoms. The Hall–Kier alpha value is -1.83. The van der Waals surface area contributed by atoms with E-state index < -0.39 is 11.7 Å². The summed E-state index contributed by atoms with van der Waals surface area (Å²) in [6, 6.07) is 9.79. The quantitative estimate of drug-likeness (QED) is 0.573. The fraction of sp³-hybridized carbons (Fsp3) is 0. The predicted molar refractivity (Wildman–Crippen MR) is 81.8 cm³/mol. The zero-order valence-electron chi connectivity index (χ0n) is 9.78. The molecule has 0 atom stereocenters. The molecule has 0 aliphatic carbocycles. The maximum Gasteiger partial charge on any atom is 0.250 e. The normalized spacial score (nSPS) is 10.2. The summed E-state index contributed by atoms with van der Waals surface area (Å²) in [7, 11) is 0. The summed E-state index contributed by atoms with van der Waals surface area (Å²) in [6.45, 7) is 0. The Morgan fingerprint density at radius 3 is 2.53 bits per heavy atom. The summed E-state index contributed by atoms with van der Waals surface area (Å²) in [5.41, 5.74) is 11.7. The number of halogens is 2. The van der Waals surface area contributed by atoms with Gasteiger partial charge in [0.25, 0.3) is 5.91 Å². The number of nitrogens with two attached hydrogens (primary N) is 2. The topological polar surface area (TPSA) is 81.1 Å². The molecule has 2 aromatic rings. The van der Waals surface area contributed by atoms with Gasteiger partial charge in [0, 0.05) is 9.26 Å². The molecule has 0 saturated heterocycles.